The van der Waals surface area contributed by atoms with Crippen molar-refractivity contribution in [3.63, 3.8) is 0 Å². The van der Waals surface area contributed by atoms with Crippen molar-refractivity contribution in [1.29, 1.82) is 0 Å². The SMILES string of the molecule is Cc1sc(C(N)C2CCCCO2)cc1Br. The minimum absolute atomic E-state index is 0.0419. The standard InChI is InChI=1S/C11H16BrNOS/c1-7-8(12)6-10(15-7)11(13)9-4-2-3-5-14-9/h6,9,11H,2-5,13H2,1H3. The molecule has 2 heterocycles. The summed E-state index contributed by atoms with van der Waals surface area (Å²) in [7, 11) is 0. The Morgan fingerprint density at radius 3 is 2.93 bits per heavy atom. The van der Waals surface area contributed by atoms with Gasteiger partial charge in [0.25, 0.3) is 0 Å². The number of hydrogen-bond acceptors (Lipinski definition) is 3. The van der Waals surface area contributed by atoms with E-state index in [1.165, 1.54) is 22.6 Å². The highest BCUT2D eigenvalue weighted by Crippen LogP contribution is 2.33. The molecular formula is C11H16BrNOS. The van der Waals surface area contributed by atoms with E-state index in [1.54, 1.807) is 11.3 Å². The molecule has 84 valence electrons. The first kappa shape index (κ1) is 11.6. The first-order valence-electron chi connectivity index (χ1n) is 5.31. The molecule has 2 rings (SSSR count). The number of hydrogen-bond donors (Lipinski definition) is 1. The van der Waals surface area contributed by atoms with Crippen LogP contribution in [0.3, 0.4) is 0 Å². The highest BCUT2D eigenvalue weighted by atomic mass is 79.9. The van der Waals surface area contributed by atoms with Gasteiger partial charge in [-0.3, -0.25) is 0 Å². The van der Waals surface area contributed by atoms with E-state index in [0.717, 1.165) is 17.5 Å². The van der Waals surface area contributed by atoms with E-state index in [0.29, 0.717) is 0 Å². The molecule has 15 heavy (non-hydrogen) atoms. The number of thiophene rings is 1. The molecule has 1 aromatic heterocycles. The third-order valence-corrected chi connectivity index (χ3v) is 5.06. The normalized spacial score (nSPS) is 24.1. The summed E-state index contributed by atoms with van der Waals surface area (Å²) in [4.78, 5) is 2.52. The van der Waals surface area contributed by atoms with Crippen molar-refractivity contribution in [2.24, 2.45) is 5.73 Å². The van der Waals surface area contributed by atoms with Gasteiger partial charge >= 0.3 is 0 Å². The van der Waals surface area contributed by atoms with Crippen LogP contribution >= 0.6 is 27.3 Å². The molecule has 0 radical (unpaired) electrons. The van der Waals surface area contributed by atoms with Gasteiger partial charge in [-0.15, -0.1) is 11.3 Å². The summed E-state index contributed by atoms with van der Waals surface area (Å²) in [5, 5.41) is 0. The molecule has 1 aliphatic rings. The van der Waals surface area contributed by atoms with Crippen LogP contribution in [0, 0.1) is 6.92 Å². The van der Waals surface area contributed by atoms with Gasteiger partial charge in [0.05, 0.1) is 12.1 Å². The van der Waals surface area contributed by atoms with Gasteiger partial charge in [-0.25, -0.2) is 0 Å². The molecule has 2 nitrogen and oxygen atoms in total. The minimum atomic E-state index is 0.0419. The fourth-order valence-corrected chi connectivity index (χ4v) is 3.49. The highest BCUT2D eigenvalue weighted by molar-refractivity contribution is 9.10. The van der Waals surface area contributed by atoms with E-state index in [1.807, 2.05) is 0 Å². The summed E-state index contributed by atoms with van der Waals surface area (Å²) in [6.45, 7) is 2.97. The smallest absolute Gasteiger partial charge is 0.0775 e. The largest absolute Gasteiger partial charge is 0.376 e. The van der Waals surface area contributed by atoms with E-state index in [2.05, 4.69) is 28.9 Å². The van der Waals surface area contributed by atoms with Crippen molar-refractivity contribution in [3.8, 4) is 0 Å². The first-order valence-corrected chi connectivity index (χ1v) is 6.92. The molecule has 0 amide bonds. The van der Waals surface area contributed by atoms with Gasteiger partial charge < -0.3 is 10.5 Å². The van der Waals surface area contributed by atoms with Crippen LogP contribution in [0.5, 0.6) is 0 Å². The maximum atomic E-state index is 6.22. The fourth-order valence-electron chi connectivity index (χ4n) is 1.88. The zero-order valence-electron chi connectivity index (χ0n) is 8.83. The Labute approximate surface area is 103 Å². The first-order chi connectivity index (χ1) is 7.18. The maximum Gasteiger partial charge on any atom is 0.0775 e. The molecule has 0 aromatic carbocycles. The van der Waals surface area contributed by atoms with Crippen LogP contribution in [-0.4, -0.2) is 12.7 Å². The zero-order chi connectivity index (χ0) is 10.8. The van der Waals surface area contributed by atoms with E-state index < -0.39 is 0 Å². The Morgan fingerprint density at radius 2 is 2.40 bits per heavy atom. The van der Waals surface area contributed by atoms with Gasteiger partial charge in [-0.2, -0.15) is 0 Å². The lowest BCUT2D eigenvalue weighted by Gasteiger charge is -2.27. The Kier molecular flexibility index (Phi) is 3.83. The molecule has 0 saturated carbocycles. The highest BCUT2D eigenvalue weighted by Gasteiger charge is 2.24. The number of ether oxygens (including phenoxy) is 1. The molecule has 0 bridgehead atoms. The average Bonchev–Trinajstić information content (AvgIpc) is 2.59. The summed E-state index contributed by atoms with van der Waals surface area (Å²) in [6, 6.07) is 2.17. The molecule has 1 aliphatic heterocycles. The zero-order valence-corrected chi connectivity index (χ0v) is 11.2. The predicted octanol–water partition coefficient (Wildman–Crippen LogP) is 3.39. The third kappa shape index (κ3) is 2.61. The van der Waals surface area contributed by atoms with Crippen LogP contribution in [0.4, 0.5) is 0 Å². The van der Waals surface area contributed by atoms with E-state index in [9.17, 15) is 0 Å². The number of rotatable bonds is 2. The summed E-state index contributed by atoms with van der Waals surface area (Å²) in [5.41, 5.74) is 6.22. The second kappa shape index (κ2) is 4.95. The summed E-state index contributed by atoms with van der Waals surface area (Å²) in [6.07, 6.45) is 3.72. The molecule has 0 spiro atoms. The van der Waals surface area contributed by atoms with Crippen molar-refractivity contribution < 1.29 is 4.74 Å². The van der Waals surface area contributed by atoms with Crippen molar-refractivity contribution in [2.45, 2.75) is 38.3 Å². The van der Waals surface area contributed by atoms with Gasteiger partial charge in [0.1, 0.15) is 0 Å². The Hall–Kier alpha value is 0.100. The van der Waals surface area contributed by atoms with Crippen LogP contribution in [0.1, 0.15) is 35.1 Å². The lowest BCUT2D eigenvalue weighted by Crippen LogP contribution is -2.31. The summed E-state index contributed by atoms with van der Waals surface area (Å²) in [5.74, 6) is 0. The number of halogens is 1. The molecule has 1 aromatic rings. The van der Waals surface area contributed by atoms with Crippen molar-refractivity contribution in [3.05, 3.63) is 20.3 Å². The van der Waals surface area contributed by atoms with Gasteiger partial charge in [0, 0.05) is 20.8 Å². The second-order valence-electron chi connectivity index (χ2n) is 3.98. The maximum absolute atomic E-state index is 6.22. The lowest BCUT2D eigenvalue weighted by atomic mass is 10.0. The monoisotopic (exact) mass is 289 g/mol. The average molecular weight is 290 g/mol. The van der Waals surface area contributed by atoms with Gasteiger partial charge in [0.2, 0.25) is 0 Å². The molecular weight excluding hydrogens is 274 g/mol. The van der Waals surface area contributed by atoms with E-state index in [-0.39, 0.29) is 12.1 Å². The lowest BCUT2D eigenvalue weighted by molar-refractivity contribution is 0.000664. The Morgan fingerprint density at radius 1 is 1.60 bits per heavy atom. The molecule has 1 fully saturated rings. The van der Waals surface area contributed by atoms with Crippen LogP contribution < -0.4 is 5.73 Å². The number of nitrogens with two attached hydrogens (primary N) is 1. The molecule has 2 unspecified atom stereocenters. The van der Waals surface area contributed by atoms with E-state index >= 15 is 0 Å². The number of aryl methyl sites for hydroxylation is 1. The third-order valence-electron chi connectivity index (χ3n) is 2.82. The van der Waals surface area contributed by atoms with Crippen LogP contribution in [0.25, 0.3) is 0 Å². The minimum Gasteiger partial charge on any atom is -0.376 e. The van der Waals surface area contributed by atoms with Crippen molar-refractivity contribution in [2.75, 3.05) is 6.61 Å². The fraction of sp³-hybridized carbons (Fsp3) is 0.636. The summed E-state index contributed by atoms with van der Waals surface area (Å²) >= 11 is 5.29. The quantitative estimate of drug-likeness (QED) is 0.906. The second-order valence-corrected chi connectivity index (χ2v) is 6.13. The predicted molar refractivity (Wildman–Crippen MR) is 67.3 cm³/mol. The van der Waals surface area contributed by atoms with Crippen LogP contribution in [0.15, 0.2) is 10.5 Å². The molecule has 0 aliphatic carbocycles. The molecule has 1 saturated heterocycles. The van der Waals surface area contributed by atoms with Gasteiger partial charge in [-0.1, -0.05) is 0 Å². The molecule has 2 N–H and O–H groups in total. The van der Waals surface area contributed by atoms with Crippen molar-refractivity contribution >= 4 is 27.3 Å². The van der Waals surface area contributed by atoms with Crippen LogP contribution in [0.2, 0.25) is 0 Å². The summed E-state index contributed by atoms with van der Waals surface area (Å²) < 4.78 is 6.87. The van der Waals surface area contributed by atoms with Gasteiger partial charge in [-0.05, 0) is 48.2 Å². The Balaban J connectivity index is 2.08. The molecule has 4 heteroatoms. The molecule has 2 atom stereocenters. The van der Waals surface area contributed by atoms with Crippen LogP contribution in [-0.2, 0) is 4.74 Å². The topological polar surface area (TPSA) is 35.2 Å². The van der Waals surface area contributed by atoms with Crippen molar-refractivity contribution in [1.82, 2.24) is 0 Å². The van der Waals surface area contributed by atoms with E-state index in [4.69, 9.17) is 10.5 Å². The van der Waals surface area contributed by atoms with Gasteiger partial charge in [0.15, 0.2) is 0 Å². The Bertz CT molecular complexity index is 314.